The topological polar surface area (TPSA) is 99.0 Å². The second kappa shape index (κ2) is 7.58. The molecule has 30 heavy (non-hydrogen) atoms. The molecule has 2 aliphatic heterocycles. The van der Waals surface area contributed by atoms with Crippen LogP contribution in [0, 0.1) is 0 Å². The second-order valence-corrected chi connectivity index (χ2v) is 7.04. The molecule has 0 radical (unpaired) electrons. The molecule has 3 aromatic rings. The molecule has 1 saturated heterocycles. The van der Waals surface area contributed by atoms with E-state index in [-0.39, 0.29) is 18.9 Å². The molecule has 0 unspecified atom stereocenters. The normalized spacial score (nSPS) is 17.2. The minimum absolute atomic E-state index is 0.188. The molecule has 0 aliphatic carbocycles. The number of hydrogen-bond acceptors (Lipinski definition) is 7. The quantitative estimate of drug-likeness (QED) is 0.700. The van der Waals surface area contributed by atoms with Crippen molar-refractivity contribution in [3.63, 3.8) is 0 Å². The van der Waals surface area contributed by atoms with Crippen LogP contribution >= 0.6 is 0 Å². The average Bonchev–Trinajstić information content (AvgIpc) is 3.53. The monoisotopic (exact) mass is 408 g/mol. The van der Waals surface area contributed by atoms with Crippen LogP contribution in [-0.4, -0.2) is 41.5 Å². The van der Waals surface area contributed by atoms with Crippen LogP contribution < -0.4 is 19.5 Å². The van der Waals surface area contributed by atoms with Crippen LogP contribution in [0.4, 0.5) is 10.5 Å². The largest absolute Gasteiger partial charge is 0.497 e. The predicted octanol–water partition coefficient (Wildman–Crippen LogP) is 3.84. The van der Waals surface area contributed by atoms with Crippen molar-refractivity contribution in [1.82, 2.24) is 15.0 Å². The Morgan fingerprint density at radius 2 is 2.10 bits per heavy atom. The Labute approximate surface area is 172 Å². The van der Waals surface area contributed by atoms with Gasteiger partial charge in [0.1, 0.15) is 11.8 Å². The molecule has 5 rings (SSSR count). The van der Waals surface area contributed by atoms with E-state index in [1.807, 2.05) is 24.3 Å². The molecule has 1 aromatic heterocycles. The Bertz CT molecular complexity index is 1080. The summed E-state index contributed by atoms with van der Waals surface area (Å²) in [6, 6.07) is 12.3. The van der Waals surface area contributed by atoms with Crippen LogP contribution in [0.5, 0.6) is 17.2 Å². The van der Waals surface area contributed by atoms with Gasteiger partial charge >= 0.3 is 6.03 Å². The zero-order valence-corrected chi connectivity index (χ0v) is 16.3. The lowest BCUT2D eigenvalue weighted by molar-refractivity contribution is 0.174. The molecule has 154 valence electrons. The summed E-state index contributed by atoms with van der Waals surface area (Å²) in [4.78, 5) is 19.1. The smallest absolute Gasteiger partial charge is 0.322 e. The second-order valence-electron chi connectivity index (χ2n) is 7.04. The van der Waals surface area contributed by atoms with Gasteiger partial charge in [-0.05, 0) is 37.1 Å². The van der Waals surface area contributed by atoms with Gasteiger partial charge in [0, 0.05) is 23.9 Å². The molecular formula is C21H20N4O5. The fourth-order valence-electron chi connectivity index (χ4n) is 3.69. The number of benzene rings is 2. The number of anilines is 1. The van der Waals surface area contributed by atoms with Gasteiger partial charge in [0.15, 0.2) is 11.5 Å². The number of nitrogens with zero attached hydrogens (tertiary/aromatic N) is 3. The summed E-state index contributed by atoms with van der Waals surface area (Å²) < 4.78 is 21.4. The Balaban J connectivity index is 1.32. The van der Waals surface area contributed by atoms with Gasteiger partial charge in [-0.1, -0.05) is 17.3 Å². The van der Waals surface area contributed by atoms with E-state index < -0.39 is 0 Å². The minimum atomic E-state index is -0.272. The van der Waals surface area contributed by atoms with Gasteiger partial charge in [-0.15, -0.1) is 0 Å². The molecule has 0 bridgehead atoms. The summed E-state index contributed by atoms with van der Waals surface area (Å²) in [5.74, 6) is 2.89. The van der Waals surface area contributed by atoms with Crippen LogP contribution in [0.2, 0.25) is 0 Å². The molecule has 1 N–H and O–H groups in total. The molecule has 0 spiro atoms. The minimum Gasteiger partial charge on any atom is -0.497 e. The number of fused-ring (bicyclic) bond motifs is 1. The van der Waals surface area contributed by atoms with E-state index in [0.29, 0.717) is 41.2 Å². The number of carbonyl (C=O) groups excluding carboxylic acids is 1. The highest BCUT2D eigenvalue weighted by atomic mass is 16.7. The van der Waals surface area contributed by atoms with Crippen molar-refractivity contribution in [2.45, 2.75) is 18.9 Å². The van der Waals surface area contributed by atoms with Crippen LogP contribution in [-0.2, 0) is 0 Å². The van der Waals surface area contributed by atoms with Gasteiger partial charge in [-0.25, -0.2) is 4.79 Å². The number of likely N-dealkylation sites (tertiary alicyclic amines) is 1. The lowest BCUT2D eigenvalue weighted by Gasteiger charge is -2.22. The first-order valence-electron chi connectivity index (χ1n) is 9.66. The lowest BCUT2D eigenvalue weighted by Crippen LogP contribution is -2.34. The third kappa shape index (κ3) is 3.38. The number of ether oxygens (including phenoxy) is 3. The molecule has 9 nitrogen and oxygen atoms in total. The summed E-state index contributed by atoms with van der Waals surface area (Å²) in [6.45, 7) is 0.797. The SMILES string of the molecule is COc1cccc(-c2noc([C@@H]3CCCN3C(=O)Nc3ccc4c(c3)OCO4)n2)c1. The van der Waals surface area contributed by atoms with Crippen molar-refractivity contribution in [1.29, 1.82) is 0 Å². The first-order chi connectivity index (χ1) is 14.7. The van der Waals surface area contributed by atoms with Crippen molar-refractivity contribution in [2.24, 2.45) is 0 Å². The van der Waals surface area contributed by atoms with E-state index in [1.54, 1.807) is 30.2 Å². The van der Waals surface area contributed by atoms with E-state index in [2.05, 4.69) is 15.5 Å². The van der Waals surface area contributed by atoms with Crippen molar-refractivity contribution in [2.75, 3.05) is 25.8 Å². The number of hydrogen-bond donors (Lipinski definition) is 1. The fraction of sp³-hybridized carbons (Fsp3) is 0.286. The van der Waals surface area contributed by atoms with E-state index in [1.165, 1.54) is 0 Å². The maximum atomic E-state index is 12.9. The number of urea groups is 1. The Hall–Kier alpha value is -3.75. The maximum Gasteiger partial charge on any atom is 0.322 e. The average molecular weight is 408 g/mol. The summed E-state index contributed by atoms with van der Waals surface area (Å²) in [5.41, 5.74) is 1.43. The Morgan fingerprint density at radius 3 is 3.00 bits per heavy atom. The molecule has 1 fully saturated rings. The van der Waals surface area contributed by atoms with Crippen LogP contribution in [0.1, 0.15) is 24.8 Å². The Morgan fingerprint density at radius 1 is 1.20 bits per heavy atom. The van der Waals surface area contributed by atoms with Gasteiger partial charge in [-0.3, -0.25) is 0 Å². The molecule has 1 atom stereocenters. The molecule has 3 heterocycles. The van der Waals surface area contributed by atoms with E-state index in [4.69, 9.17) is 18.7 Å². The van der Waals surface area contributed by atoms with Crippen molar-refractivity contribution in [3.8, 4) is 28.6 Å². The summed E-state index contributed by atoms with van der Waals surface area (Å²) in [6.07, 6.45) is 1.62. The molecule has 9 heteroatoms. The Kier molecular flexibility index (Phi) is 4.62. The summed E-state index contributed by atoms with van der Waals surface area (Å²) in [7, 11) is 1.61. The number of aromatic nitrogens is 2. The van der Waals surface area contributed by atoms with E-state index in [9.17, 15) is 4.79 Å². The van der Waals surface area contributed by atoms with Crippen molar-refractivity contribution >= 4 is 11.7 Å². The molecule has 2 aliphatic rings. The van der Waals surface area contributed by atoms with Crippen molar-refractivity contribution in [3.05, 3.63) is 48.4 Å². The zero-order chi connectivity index (χ0) is 20.5. The third-order valence-corrected chi connectivity index (χ3v) is 5.19. The third-order valence-electron chi connectivity index (χ3n) is 5.19. The zero-order valence-electron chi connectivity index (χ0n) is 16.3. The fourth-order valence-corrected chi connectivity index (χ4v) is 3.69. The number of amides is 2. The molecular weight excluding hydrogens is 388 g/mol. The first-order valence-corrected chi connectivity index (χ1v) is 9.66. The van der Waals surface area contributed by atoms with Gasteiger partial charge < -0.3 is 29.0 Å². The highest BCUT2D eigenvalue weighted by molar-refractivity contribution is 5.90. The van der Waals surface area contributed by atoms with Crippen LogP contribution in [0.15, 0.2) is 47.0 Å². The van der Waals surface area contributed by atoms with E-state index >= 15 is 0 Å². The highest BCUT2D eigenvalue weighted by Crippen LogP contribution is 2.36. The number of methoxy groups -OCH3 is 1. The standard InChI is InChI=1S/C21H20N4O5/c1-27-15-5-2-4-13(10-15)19-23-20(30-24-19)16-6-3-9-25(16)21(26)22-14-7-8-17-18(11-14)29-12-28-17/h2,4-5,7-8,10-11,16H,3,6,9,12H2,1H3,(H,22,26)/t16-/m0/s1. The van der Waals surface area contributed by atoms with Gasteiger partial charge in [-0.2, -0.15) is 4.98 Å². The van der Waals surface area contributed by atoms with Gasteiger partial charge in [0.2, 0.25) is 18.5 Å². The lowest BCUT2D eigenvalue weighted by atomic mass is 10.2. The van der Waals surface area contributed by atoms with Crippen LogP contribution in [0.3, 0.4) is 0 Å². The summed E-state index contributed by atoms with van der Waals surface area (Å²) in [5, 5.41) is 7.00. The molecule has 2 aromatic carbocycles. The van der Waals surface area contributed by atoms with Gasteiger partial charge in [0.05, 0.1) is 7.11 Å². The molecule has 0 saturated carbocycles. The number of nitrogens with one attached hydrogen (secondary N) is 1. The highest BCUT2D eigenvalue weighted by Gasteiger charge is 2.34. The predicted molar refractivity (Wildman–Crippen MR) is 107 cm³/mol. The molecule has 2 amide bonds. The maximum absolute atomic E-state index is 12.9. The first kappa shape index (κ1) is 18.3. The van der Waals surface area contributed by atoms with Gasteiger partial charge in [0.25, 0.3) is 0 Å². The van der Waals surface area contributed by atoms with Crippen molar-refractivity contribution < 1.29 is 23.5 Å². The summed E-state index contributed by atoms with van der Waals surface area (Å²) >= 11 is 0. The number of rotatable bonds is 4. The van der Waals surface area contributed by atoms with Crippen LogP contribution in [0.25, 0.3) is 11.4 Å². The number of carbonyl (C=O) groups is 1. The van der Waals surface area contributed by atoms with E-state index in [0.717, 1.165) is 18.4 Å².